The Morgan fingerprint density at radius 2 is 2.10 bits per heavy atom. The maximum absolute atomic E-state index is 6.30. The molecule has 1 heterocycles. The summed E-state index contributed by atoms with van der Waals surface area (Å²) in [6.07, 6.45) is 0.671. The standard InChI is InChI=1S/C15H20ClN3O/c1-9-7-11(5-6-14(9)20-4)13(17)8-12-10(2)18-19(3)15(12)16/h5-7,13H,8,17H2,1-4H3. The highest BCUT2D eigenvalue weighted by atomic mass is 35.5. The zero-order valence-electron chi connectivity index (χ0n) is 12.3. The highest BCUT2D eigenvalue weighted by Gasteiger charge is 2.16. The van der Waals surface area contributed by atoms with Crippen LogP contribution in [-0.2, 0) is 13.5 Å². The molecule has 1 unspecified atom stereocenters. The minimum atomic E-state index is -0.111. The molecule has 0 bridgehead atoms. The Hall–Kier alpha value is -1.52. The Kier molecular flexibility index (Phi) is 4.35. The van der Waals surface area contributed by atoms with E-state index in [1.165, 1.54) is 0 Å². The maximum Gasteiger partial charge on any atom is 0.130 e. The summed E-state index contributed by atoms with van der Waals surface area (Å²) in [5, 5.41) is 4.97. The van der Waals surface area contributed by atoms with E-state index in [-0.39, 0.29) is 6.04 Å². The van der Waals surface area contributed by atoms with E-state index >= 15 is 0 Å². The number of halogens is 1. The van der Waals surface area contributed by atoms with Crippen molar-refractivity contribution in [2.45, 2.75) is 26.3 Å². The lowest BCUT2D eigenvalue weighted by Crippen LogP contribution is -2.14. The highest BCUT2D eigenvalue weighted by Crippen LogP contribution is 2.27. The molecule has 20 heavy (non-hydrogen) atoms. The fourth-order valence-corrected chi connectivity index (χ4v) is 2.63. The van der Waals surface area contributed by atoms with Gasteiger partial charge in [-0.3, -0.25) is 4.68 Å². The van der Waals surface area contributed by atoms with Gasteiger partial charge in [0.25, 0.3) is 0 Å². The summed E-state index contributed by atoms with van der Waals surface area (Å²) in [7, 11) is 3.50. The quantitative estimate of drug-likeness (QED) is 0.943. The van der Waals surface area contributed by atoms with Gasteiger partial charge in [0.1, 0.15) is 10.9 Å². The van der Waals surface area contributed by atoms with E-state index in [0.29, 0.717) is 11.6 Å². The Morgan fingerprint density at radius 1 is 1.40 bits per heavy atom. The van der Waals surface area contributed by atoms with Gasteiger partial charge in [-0.2, -0.15) is 5.10 Å². The van der Waals surface area contributed by atoms with Gasteiger partial charge in [0.2, 0.25) is 0 Å². The zero-order chi connectivity index (χ0) is 14.9. The number of aryl methyl sites for hydroxylation is 3. The molecule has 0 aliphatic carbocycles. The number of nitrogens with zero attached hydrogens (tertiary/aromatic N) is 2. The second kappa shape index (κ2) is 5.85. The summed E-state index contributed by atoms with van der Waals surface area (Å²) >= 11 is 6.25. The van der Waals surface area contributed by atoms with E-state index in [1.54, 1.807) is 11.8 Å². The van der Waals surface area contributed by atoms with Crippen molar-refractivity contribution in [3.63, 3.8) is 0 Å². The maximum atomic E-state index is 6.30. The molecule has 0 fully saturated rings. The normalized spacial score (nSPS) is 12.5. The molecule has 1 atom stereocenters. The highest BCUT2D eigenvalue weighted by molar-refractivity contribution is 6.30. The molecule has 1 aromatic carbocycles. The number of hydrogen-bond acceptors (Lipinski definition) is 3. The van der Waals surface area contributed by atoms with E-state index in [2.05, 4.69) is 11.2 Å². The molecule has 1 aromatic heterocycles. The summed E-state index contributed by atoms with van der Waals surface area (Å²) in [6.45, 7) is 3.96. The van der Waals surface area contributed by atoms with Gasteiger partial charge in [-0.15, -0.1) is 0 Å². The first-order valence-corrected chi connectivity index (χ1v) is 6.90. The van der Waals surface area contributed by atoms with Gasteiger partial charge in [-0.1, -0.05) is 23.7 Å². The molecule has 2 N–H and O–H groups in total. The van der Waals surface area contributed by atoms with Crippen LogP contribution in [0, 0.1) is 13.8 Å². The van der Waals surface area contributed by atoms with Crippen LogP contribution in [0.5, 0.6) is 5.75 Å². The molecule has 0 amide bonds. The molecule has 2 aromatic rings. The average Bonchev–Trinajstić information content (AvgIpc) is 2.65. The molecular formula is C15H20ClN3O. The van der Waals surface area contributed by atoms with Gasteiger partial charge in [0.15, 0.2) is 0 Å². The number of nitrogens with two attached hydrogens (primary N) is 1. The monoisotopic (exact) mass is 293 g/mol. The Morgan fingerprint density at radius 3 is 2.60 bits per heavy atom. The van der Waals surface area contributed by atoms with Crippen molar-refractivity contribution in [1.29, 1.82) is 0 Å². The first-order chi connectivity index (χ1) is 9.43. The summed E-state index contributed by atoms with van der Waals surface area (Å²) in [6, 6.07) is 5.89. The van der Waals surface area contributed by atoms with Gasteiger partial charge in [-0.25, -0.2) is 0 Å². The van der Waals surface area contributed by atoms with Crippen LogP contribution in [0.3, 0.4) is 0 Å². The van der Waals surface area contributed by atoms with Crippen LogP contribution < -0.4 is 10.5 Å². The van der Waals surface area contributed by atoms with Crippen LogP contribution in [-0.4, -0.2) is 16.9 Å². The number of ether oxygens (including phenoxy) is 1. The van der Waals surface area contributed by atoms with Gasteiger partial charge in [-0.05, 0) is 37.5 Å². The van der Waals surface area contributed by atoms with E-state index in [1.807, 2.05) is 33.0 Å². The van der Waals surface area contributed by atoms with Crippen molar-refractivity contribution in [1.82, 2.24) is 9.78 Å². The second-order valence-electron chi connectivity index (χ2n) is 5.02. The van der Waals surface area contributed by atoms with Crippen molar-refractivity contribution in [2.75, 3.05) is 7.11 Å². The van der Waals surface area contributed by atoms with Crippen molar-refractivity contribution < 1.29 is 4.74 Å². The molecule has 4 nitrogen and oxygen atoms in total. The summed E-state index contributed by atoms with van der Waals surface area (Å²) in [4.78, 5) is 0. The molecule has 0 aliphatic heterocycles. The molecule has 5 heteroatoms. The van der Waals surface area contributed by atoms with Crippen molar-refractivity contribution in [3.05, 3.63) is 45.7 Å². The minimum Gasteiger partial charge on any atom is -0.496 e. The Bertz CT molecular complexity index is 622. The van der Waals surface area contributed by atoms with Gasteiger partial charge in [0.05, 0.1) is 12.8 Å². The fourth-order valence-electron chi connectivity index (χ4n) is 2.38. The Labute approximate surface area is 124 Å². The molecule has 2 rings (SSSR count). The molecule has 0 saturated heterocycles. The number of aromatic nitrogens is 2. The number of hydrogen-bond donors (Lipinski definition) is 1. The summed E-state index contributed by atoms with van der Waals surface area (Å²) in [5.74, 6) is 0.872. The minimum absolute atomic E-state index is 0.111. The van der Waals surface area contributed by atoms with Crippen LogP contribution in [0.25, 0.3) is 0 Å². The lowest BCUT2D eigenvalue weighted by atomic mass is 9.98. The SMILES string of the molecule is COc1ccc(C(N)Cc2c(C)nn(C)c2Cl)cc1C. The molecule has 0 saturated carbocycles. The lowest BCUT2D eigenvalue weighted by Gasteiger charge is -2.14. The van der Waals surface area contributed by atoms with Crippen LogP contribution >= 0.6 is 11.6 Å². The number of methoxy groups -OCH3 is 1. The molecule has 0 spiro atoms. The third-order valence-electron chi connectivity index (χ3n) is 3.54. The summed E-state index contributed by atoms with van der Waals surface area (Å²) < 4.78 is 6.94. The fraction of sp³-hybridized carbons (Fsp3) is 0.400. The third-order valence-corrected chi connectivity index (χ3v) is 4.01. The zero-order valence-corrected chi connectivity index (χ0v) is 13.0. The van der Waals surface area contributed by atoms with Gasteiger partial charge < -0.3 is 10.5 Å². The van der Waals surface area contributed by atoms with Crippen LogP contribution in [0.1, 0.15) is 28.4 Å². The van der Waals surface area contributed by atoms with Crippen molar-refractivity contribution in [3.8, 4) is 5.75 Å². The van der Waals surface area contributed by atoms with Gasteiger partial charge in [0, 0.05) is 18.7 Å². The summed E-state index contributed by atoms with van der Waals surface area (Å²) in [5.41, 5.74) is 10.4. The van der Waals surface area contributed by atoms with Crippen LogP contribution in [0.15, 0.2) is 18.2 Å². The first kappa shape index (κ1) is 14.9. The average molecular weight is 294 g/mol. The largest absolute Gasteiger partial charge is 0.496 e. The topological polar surface area (TPSA) is 53.1 Å². The van der Waals surface area contributed by atoms with Crippen LogP contribution in [0.4, 0.5) is 0 Å². The van der Waals surface area contributed by atoms with Crippen molar-refractivity contribution >= 4 is 11.6 Å². The first-order valence-electron chi connectivity index (χ1n) is 6.52. The lowest BCUT2D eigenvalue weighted by molar-refractivity contribution is 0.411. The number of rotatable bonds is 4. The van der Waals surface area contributed by atoms with E-state index < -0.39 is 0 Å². The third kappa shape index (κ3) is 2.81. The van der Waals surface area contributed by atoms with E-state index in [4.69, 9.17) is 22.1 Å². The van der Waals surface area contributed by atoms with Crippen LogP contribution in [0.2, 0.25) is 5.15 Å². The molecule has 0 radical (unpaired) electrons. The Balaban J connectivity index is 2.23. The predicted molar refractivity (Wildman–Crippen MR) is 81.3 cm³/mol. The van der Waals surface area contributed by atoms with Gasteiger partial charge >= 0.3 is 0 Å². The van der Waals surface area contributed by atoms with E-state index in [0.717, 1.165) is 28.1 Å². The number of benzene rings is 1. The molecular weight excluding hydrogens is 274 g/mol. The predicted octanol–water partition coefficient (Wildman–Crippen LogP) is 2.94. The van der Waals surface area contributed by atoms with E-state index in [9.17, 15) is 0 Å². The molecule has 0 aliphatic rings. The van der Waals surface area contributed by atoms with Crippen molar-refractivity contribution in [2.24, 2.45) is 12.8 Å². The molecule has 108 valence electrons. The second-order valence-corrected chi connectivity index (χ2v) is 5.38. The smallest absolute Gasteiger partial charge is 0.130 e.